The van der Waals surface area contributed by atoms with Gasteiger partial charge in [-0.05, 0) is 37.1 Å². The van der Waals surface area contributed by atoms with Gasteiger partial charge in [0.1, 0.15) is 0 Å². The SMILES string of the molecule is Cc1cccc(N(C(=O)C(C)C)C2C=CS(=O)(=O)C2)c1C. The zero-order valence-electron chi connectivity index (χ0n) is 12.8. The highest BCUT2D eigenvalue weighted by atomic mass is 32.2. The summed E-state index contributed by atoms with van der Waals surface area (Å²) in [5.74, 6) is -0.296. The molecule has 1 unspecified atom stereocenters. The van der Waals surface area contributed by atoms with Crippen LogP contribution in [0.3, 0.4) is 0 Å². The first-order valence-electron chi connectivity index (χ1n) is 7.03. The molecule has 0 saturated carbocycles. The number of nitrogens with zero attached hydrogens (tertiary/aromatic N) is 1. The first-order valence-corrected chi connectivity index (χ1v) is 8.74. The standard InChI is InChI=1S/C16H21NO3S/c1-11(2)16(18)17(14-8-9-21(19,20)10-14)15-7-5-6-12(3)13(15)4/h5-9,11,14H,10H2,1-4H3. The fourth-order valence-corrected chi connectivity index (χ4v) is 3.72. The van der Waals surface area contributed by atoms with Crippen LogP contribution >= 0.6 is 0 Å². The van der Waals surface area contributed by atoms with Crippen LogP contribution in [0.4, 0.5) is 5.69 Å². The van der Waals surface area contributed by atoms with Crippen LogP contribution < -0.4 is 4.90 Å². The third kappa shape index (κ3) is 3.18. The normalized spacial score (nSPS) is 20.0. The molecule has 0 fully saturated rings. The Balaban J connectivity index is 2.50. The number of amides is 1. The van der Waals surface area contributed by atoms with Crippen molar-refractivity contribution in [2.75, 3.05) is 10.7 Å². The summed E-state index contributed by atoms with van der Waals surface area (Å²) < 4.78 is 23.4. The molecule has 1 aliphatic heterocycles. The summed E-state index contributed by atoms with van der Waals surface area (Å²) in [5.41, 5.74) is 2.88. The fourth-order valence-electron chi connectivity index (χ4n) is 2.46. The molecule has 1 aromatic carbocycles. The minimum atomic E-state index is -3.21. The number of hydrogen-bond acceptors (Lipinski definition) is 3. The zero-order valence-corrected chi connectivity index (χ0v) is 13.6. The van der Waals surface area contributed by atoms with Gasteiger partial charge in [0.2, 0.25) is 5.91 Å². The number of aryl methyl sites for hydroxylation is 1. The van der Waals surface area contributed by atoms with Crippen molar-refractivity contribution in [3.63, 3.8) is 0 Å². The van der Waals surface area contributed by atoms with E-state index in [2.05, 4.69) is 0 Å². The number of anilines is 1. The highest BCUT2D eigenvalue weighted by Gasteiger charge is 2.33. The Bertz CT molecular complexity index is 689. The molecule has 1 amide bonds. The van der Waals surface area contributed by atoms with Gasteiger partial charge < -0.3 is 4.90 Å². The molecule has 0 N–H and O–H groups in total. The molecule has 1 aliphatic rings. The van der Waals surface area contributed by atoms with Crippen molar-refractivity contribution in [1.82, 2.24) is 0 Å². The van der Waals surface area contributed by atoms with Crippen molar-refractivity contribution in [2.45, 2.75) is 33.7 Å². The van der Waals surface area contributed by atoms with Gasteiger partial charge in [0, 0.05) is 17.0 Å². The average molecular weight is 307 g/mol. The van der Waals surface area contributed by atoms with E-state index in [0.717, 1.165) is 16.8 Å². The summed E-state index contributed by atoms with van der Waals surface area (Å²) >= 11 is 0. The van der Waals surface area contributed by atoms with Crippen LogP contribution in [0.1, 0.15) is 25.0 Å². The van der Waals surface area contributed by atoms with Crippen molar-refractivity contribution in [2.24, 2.45) is 5.92 Å². The van der Waals surface area contributed by atoms with E-state index in [-0.39, 0.29) is 17.6 Å². The van der Waals surface area contributed by atoms with Crippen molar-refractivity contribution >= 4 is 21.4 Å². The van der Waals surface area contributed by atoms with Crippen molar-refractivity contribution in [3.8, 4) is 0 Å². The summed E-state index contributed by atoms with van der Waals surface area (Å²) in [7, 11) is -3.21. The predicted octanol–water partition coefficient (Wildman–Crippen LogP) is 2.60. The molecule has 4 nitrogen and oxygen atoms in total. The maximum Gasteiger partial charge on any atom is 0.230 e. The molecule has 0 aromatic heterocycles. The van der Waals surface area contributed by atoms with E-state index in [1.54, 1.807) is 11.0 Å². The lowest BCUT2D eigenvalue weighted by molar-refractivity contribution is -0.121. The van der Waals surface area contributed by atoms with Crippen LogP contribution in [-0.4, -0.2) is 26.1 Å². The topological polar surface area (TPSA) is 54.5 Å². The Kier molecular flexibility index (Phi) is 4.23. The molecule has 0 bridgehead atoms. The molecular weight excluding hydrogens is 286 g/mol. The second-order valence-electron chi connectivity index (χ2n) is 5.81. The maximum atomic E-state index is 12.6. The molecular formula is C16H21NO3S. The van der Waals surface area contributed by atoms with Crippen LogP contribution in [0.5, 0.6) is 0 Å². The lowest BCUT2D eigenvalue weighted by Gasteiger charge is -2.31. The smallest absolute Gasteiger partial charge is 0.230 e. The van der Waals surface area contributed by atoms with Gasteiger partial charge in [0.05, 0.1) is 11.8 Å². The third-order valence-corrected chi connectivity index (χ3v) is 5.19. The second kappa shape index (κ2) is 5.64. The molecule has 0 aliphatic carbocycles. The van der Waals surface area contributed by atoms with E-state index in [0.29, 0.717) is 0 Å². The van der Waals surface area contributed by atoms with Gasteiger partial charge in [-0.2, -0.15) is 0 Å². The van der Waals surface area contributed by atoms with Crippen LogP contribution in [0, 0.1) is 19.8 Å². The van der Waals surface area contributed by atoms with Crippen LogP contribution in [0.15, 0.2) is 29.7 Å². The fraction of sp³-hybridized carbons (Fsp3) is 0.438. The lowest BCUT2D eigenvalue weighted by Crippen LogP contribution is -2.43. The minimum absolute atomic E-state index is 0.0428. The first-order chi connectivity index (χ1) is 9.73. The first kappa shape index (κ1) is 15.8. The molecule has 114 valence electrons. The Hall–Kier alpha value is -1.62. The summed E-state index contributed by atoms with van der Waals surface area (Å²) in [6, 6.07) is 5.33. The average Bonchev–Trinajstić information content (AvgIpc) is 2.74. The molecule has 0 radical (unpaired) electrons. The van der Waals surface area contributed by atoms with Gasteiger partial charge in [-0.1, -0.05) is 26.0 Å². The van der Waals surface area contributed by atoms with Crippen molar-refractivity contribution in [3.05, 3.63) is 40.8 Å². The zero-order chi connectivity index (χ0) is 15.8. The molecule has 1 atom stereocenters. The van der Waals surface area contributed by atoms with Crippen molar-refractivity contribution in [1.29, 1.82) is 0 Å². The molecule has 1 heterocycles. The summed E-state index contributed by atoms with van der Waals surface area (Å²) in [5, 5.41) is 1.21. The number of benzene rings is 1. The quantitative estimate of drug-likeness (QED) is 0.862. The van der Waals surface area contributed by atoms with E-state index in [1.807, 2.05) is 45.9 Å². The van der Waals surface area contributed by atoms with Crippen LogP contribution in [-0.2, 0) is 14.6 Å². The Morgan fingerprint density at radius 2 is 1.95 bits per heavy atom. The molecule has 1 aromatic rings. The van der Waals surface area contributed by atoms with Gasteiger partial charge in [-0.25, -0.2) is 8.42 Å². The van der Waals surface area contributed by atoms with Gasteiger partial charge in [-0.3, -0.25) is 4.79 Å². The minimum Gasteiger partial charge on any atom is -0.304 e. The maximum absolute atomic E-state index is 12.6. The number of hydrogen-bond donors (Lipinski definition) is 0. The Morgan fingerprint density at radius 1 is 1.29 bits per heavy atom. The summed E-state index contributed by atoms with van der Waals surface area (Å²) in [4.78, 5) is 14.2. The third-order valence-electron chi connectivity index (χ3n) is 3.81. The van der Waals surface area contributed by atoms with E-state index >= 15 is 0 Å². The second-order valence-corrected chi connectivity index (χ2v) is 7.74. The molecule has 21 heavy (non-hydrogen) atoms. The number of rotatable bonds is 3. The largest absolute Gasteiger partial charge is 0.304 e. The predicted molar refractivity (Wildman–Crippen MR) is 85.0 cm³/mol. The van der Waals surface area contributed by atoms with E-state index in [1.165, 1.54) is 5.41 Å². The monoisotopic (exact) mass is 307 g/mol. The highest BCUT2D eigenvalue weighted by molar-refractivity contribution is 7.94. The number of sulfone groups is 1. The lowest BCUT2D eigenvalue weighted by atomic mass is 10.0. The van der Waals surface area contributed by atoms with Crippen LogP contribution in [0.2, 0.25) is 0 Å². The van der Waals surface area contributed by atoms with Crippen LogP contribution in [0.25, 0.3) is 0 Å². The van der Waals surface area contributed by atoms with E-state index in [4.69, 9.17) is 0 Å². The summed E-state index contributed by atoms with van der Waals surface area (Å²) in [6.07, 6.45) is 1.61. The Labute approximate surface area is 126 Å². The van der Waals surface area contributed by atoms with Crippen molar-refractivity contribution < 1.29 is 13.2 Å². The van der Waals surface area contributed by atoms with Gasteiger partial charge in [-0.15, -0.1) is 0 Å². The molecule has 0 spiro atoms. The van der Waals surface area contributed by atoms with E-state index < -0.39 is 15.9 Å². The van der Waals surface area contributed by atoms with Gasteiger partial charge >= 0.3 is 0 Å². The molecule has 2 rings (SSSR count). The van der Waals surface area contributed by atoms with Gasteiger partial charge in [0.25, 0.3) is 0 Å². The van der Waals surface area contributed by atoms with Gasteiger partial charge in [0.15, 0.2) is 9.84 Å². The van der Waals surface area contributed by atoms with E-state index in [9.17, 15) is 13.2 Å². The molecule has 0 saturated heterocycles. The molecule has 5 heteroatoms. The number of carbonyl (C=O) groups excluding carboxylic acids is 1. The Morgan fingerprint density at radius 3 is 2.48 bits per heavy atom. The number of carbonyl (C=O) groups is 1. The highest BCUT2D eigenvalue weighted by Crippen LogP contribution is 2.29. The summed E-state index contributed by atoms with van der Waals surface area (Å²) in [6.45, 7) is 7.60.